The lowest BCUT2D eigenvalue weighted by atomic mass is 9.76. The van der Waals surface area contributed by atoms with Crippen LogP contribution >= 0.6 is 0 Å². The summed E-state index contributed by atoms with van der Waals surface area (Å²) in [5, 5.41) is 8.09. The Morgan fingerprint density at radius 1 is 1.38 bits per heavy atom. The zero-order valence-electron chi connectivity index (χ0n) is 14.8. The Morgan fingerprint density at radius 2 is 2.17 bits per heavy atom. The van der Waals surface area contributed by atoms with Gasteiger partial charge in [0.2, 0.25) is 0 Å². The van der Waals surface area contributed by atoms with Gasteiger partial charge in [-0.25, -0.2) is 9.78 Å². The van der Waals surface area contributed by atoms with Gasteiger partial charge < -0.3 is 10.1 Å². The molecule has 2 heterocycles. The van der Waals surface area contributed by atoms with Gasteiger partial charge in [-0.3, -0.25) is 0 Å². The van der Waals surface area contributed by atoms with Gasteiger partial charge in [-0.2, -0.15) is 9.61 Å². The normalized spacial score (nSPS) is 16.0. The third-order valence-electron chi connectivity index (χ3n) is 4.63. The fourth-order valence-corrected chi connectivity index (χ4v) is 3.14. The minimum atomic E-state index is -0.619. The number of hydrogen-bond donors (Lipinski definition) is 1. The van der Waals surface area contributed by atoms with Crippen molar-refractivity contribution >= 4 is 17.4 Å². The van der Waals surface area contributed by atoms with Crippen molar-refractivity contribution in [2.45, 2.75) is 64.8 Å². The third-order valence-corrected chi connectivity index (χ3v) is 4.63. The largest absolute Gasteiger partial charge is 0.464 e. The monoisotopic (exact) mass is 330 g/mol. The average molecular weight is 330 g/mol. The Bertz CT molecular complexity index is 734. The molecule has 24 heavy (non-hydrogen) atoms. The minimum Gasteiger partial charge on any atom is -0.464 e. The van der Waals surface area contributed by atoms with Crippen molar-refractivity contribution in [3.05, 3.63) is 23.5 Å². The Kier molecular flexibility index (Phi) is 4.73. The molecule has 0 atom stereocenters. The van der Waals surface area contributed by atoms with Crippen molar-refractivity contribution in [1.82, 2.24) is 14.6 Å². The van der Waals surface area contributed by atoms with Crippen molar-refractivity contribution in [1.29, 1.82) is 0 Å². The van der Waals surface area contributed by atoms with Gasteiger partial charge in [0.1, 0.15) is 11.4 Å². The molecule has 1 aliphatic rings. The van der Waals surface area contributed by atoms with Crippen LogP contribution in [0.25, 0.3) is 5.65 Å². The first-order valence-corrected chi connectivity index (χ1v) is 8.89. The van der Waals surface area contributed by atoms with Gasteiger partial charge in [0.25, 0.3) is 0 Å². The van der Waals surface area contributed by atoms with Crippen LogP contribution < -0.4 is 5.32 Å². The smallest absolute Gasteiger partial charge is 0.331 e. The van der Waals surface area contributed by atoms with Crippen LogP contribution in [-0.4, -0.2) is 32.7 Å². The van der Waals surface area contributed by atoms with E-state index in [9.17, 15) is 4.79 Å². The SMILES string of the molecule is CCCCc1cc2nc(C)cc(NC3(C(=O)OCC)CCC3)n2n1. The maximum atomic E-state index is 12.4. The molecule has 0 radical (unpaired) electrons. The number of carbonyl (C=O) groups is 1. The molecule has 0 amide bonds. The van der Waals surface area contributed by atoms with E-state index in [0.717, 1.165) is 61.4 Å². The molecule has 2 aromatic heterocycles. The Labute approximate surface area is 142 Å². The molecule has 1 fully saturated rings. The highest BCUT2D eigenvalue weighted by atomic mass is 16.5. The standard InChI is InChI=1S/C18H26N4O2/c1-4-6-8-14-12-15-19-13(3)11-16(22(15)21-14)20-18(9-7-10-18)17(23)24-5-2/h11-12,20H,4-10H2,1-3H3. The average Bonchev–Trinajstić information content (AvgIpc) is 2.91. The molecule has 0 spiro atoms. The van der Waals surface area contributed by atoms with Gasteiger partial charge in [-0.15, -0.1) is 0 Å². The molecule has 0 aliphatic heterocycles. The summed E-state index contributed by atoms with van der Waals surface area (Å²) in [7, 11) is 0. The Balaban J connectivity index is 1.93. The second-order valence-corrected chi connectivity index (χ2v) is 6.57. The second kappa shape index (κ2) is 6.79. The number of fused-ring (bicyclic) bond motifs is 1. The van der Waals surface area contributed by atoms with Crippen LogP contribution in [0.4, 0.5) is 5.82 Å². The fraction of sp³-hybridized carbons (Fsp3) is 0.611. The van der Waals surface area contributed by atoms with Crippen molar-refractivity contribution in [2.24, 2.45) is 0 Å². The number of aryl methyl sites for hydroxylation is 2. The van der Waals surface area contributed by atoms with Crippen LogP contribution in [0, 0.1) is 6.92 Å². The second-order valence-electron chi connectivity index (χ2n) is 6.57. The molecule has 6 nitrogen and oxygen atoms in total. The number of esters is 1. The summed E-state index contributed by atoms with van der Waals surface area (Å²) in [4.78, 5) is 17.0. The third kappa shape index (κ3) is 3.09. The fourth-order valence-electron chi connectivity index (χ4n) is 3.14. The summed E-state index contributed by atoms with van der Waals surface area (Å²) in [6, 6.07) is 3.98. The van der Waals surface area contributed by atoms with Gasteiger partial charge in [-0.1, -0.05) is 13.3 Å². The zero-order valence-corrected chi connectivity index (χ0v) is 14.8. The number of aromatic nitrogens is 3. The summed E-state index contributed by atoms with van der Waals surface area (Å²) >= 11 is 0. The van der Waals surface area contributed by atoms with Crippen LogP contribution in [0.5, 0.6) is 0 Å². The minimum absolute atomic E-state index is 0.169. The van der Waals surface area contributed by atoms with Gasteiger partial charge in [0, 0.05) is 17.8 Å². The first kappa shape index (κ1) is 16.7. The molecule has 1 aliphatic carbocycles. The van der Waals surface area contributed by atoms with E-state index in [-0.39, 0.29) is 5.97 Å². The van der Waals surface area contributed by atoms with Gasteiger partial charge in [0.05, 0.1) is 12.3 Å². The van der Waals surface area contributed by atoms with E-state index in [4.69, 9.17) is 4.74 Å². The van der Waals surface area contributed by atoms with Crippen LogP contribution in [0.15, 0.2) is 12.1 Å². The quantitative estimate of drug-likeness (QED) is 0.789. The summed E-state index contributed by atoms with van der Waals surface area (Å²) in [6.45, 7) is 6.37. The molecule has 0 bridgehead atoms. The number of nitrogens with one attached hydrogen (secondary N) is 1. The summed E-state index contributed by atoms with van der Waals surface area (Å²) in [6.07, 6.45) is 5.80. The molecule has 6 heteroatoms. The lowest BCUT2D eigenvalue weighted by Crippen LogP contribution is -2.53. The number of ether oxygens (including phenoxy) is 1. The summed E-state index contributed by atoms with van der Waals surface area (Å²) in [5.74, 6) is 0.644. The molecular weight excluding hydrogens is 304 g/mol. The highest BCUT2D eigenvalue weighted by Crippen LogP contribution is 2.36. The zero-order chi connectivity index (χ0) is 17.2. The van der Waals surface area contributed by atoms with Crippen molar-refractivity contribution in [3.8, 4) is 0 Å². The first-order valence-electron chi connectivity index (χ1n) is 8.89. The lowest BCUT2D eigenvalue weighted by molar-refractivity contribution is -0.151. The van der Waals surface area contributed by atoms with E-state index in [1.54, 1.807) is 0 Å². The van der Waals surface area contributed by atoms with Crippen molar-refractivity contribution in [3.63, 3.8) is 0 Å². The number of nitrogens with zero attached hydrogens (tertiary/aromatic N) is 3. The lowest BCUT2D eigenvalue weighted by Gasteiger charge is -2.40. The van der Waals surface area contributed by atoms with E-state index in [1.807, 2.05) is 30.5 Å². The molecule has 130 valence electrons. The Morgan fingerprint density at radius 3 is 2.79 bits per heavy atom. The van der Waals surface area contributed by atoms with Crippen molar-refractivity contribution < 1.29 is 9.53 Å². The topological polar surface area (TPSA) is 68.5 Å². The van der Waals surface area contributed by atoms with E-state index >= 15 is 0 Å². The van der Waals surface area contributed by atoms with Crippen LogP contribution in [-0.2, 0) is 16.0 Å². The Hall–Kier alpha value is -2.11. The van der Waals surface area contributed by atoms with E-state index < -0.39 is 5.54 Å². The molecule has 0 aromatic carbocycles. The van der Waals surface area contributed by atoms with Crippen LogP contribution in [0.1, 0.15) is 57.3 Å². The summed E-state index contributed by atoms with van der Waals surface area (Å²) < 4.78 is 7.09. The van der Waals surface area contributed by atoms with E-state index in [2.05, 4.69) is 22.3 Å². The number of hydrogen-bond acceptors (Lipinski definition) is 5. The highest BCUT2D eigenvalue weighted by Gasteiger charge is 2.46. The van der Waals surface area contributed by atoms with Gasteiger partial charge >= 0.3 is 5.97 Å². The van der Waals surface area contributed by atoms with E-state index in [1.165, 1.54) is 0 Å². The first-order chi connectivity index (χ1) is 11.6. The molecule has 1 N–H and O–H groups in total. The molecule has 0 unspecified atom stereocenters. The highest BCUT2D eigenvalue weighted by molar-refractivity contribution is 5.85. The number of unbranched alkanes of at least 4 members (excludes halogenated alkanes) is 1. The maximum Gasteiger partial charge on any atom is 0.331 e. The van der Waals surface area contributed by atoms with Crippen molar-refractivity contribution in [2.75, 3.05) is 11.9 Å². The van der Waals surface area contributed by atoms with Crippen LogP contribution in [0.2, 0.25) is 0 Å². The number of rotatable bonds is 7. The molecule has 2 aromatic rings. The number of anilines is 1. The van der Waals surface area contributed by atoms with E-state index in [0.29, 0.717) is 6.61 Å². The molecular formula is C18H26N4O2. The number of carbonyl (C=O) groups excluding carboxylic acids is 1. The molecule has 0 saturated heterocycles. The molecule has 3 rings (SSSR count). The predicted molar refractivity (Wildman–Crippen MR) is 93.2 cm³/mol. The van der Waals surface area contributed by atoms with Gasteiger partial charge in [0.15, 0.2) is 5.65 Å². The van der Waals surface area contributed by atoms with Crippen LogP contribution in [0.3, 0.4) is 0 Å². The summed E-state index contributed by atoms with van der Waals surface area (Å²) in [5.41, 5.74) is 2.15. The predicted octanol–water partition coefficient (Wildman–Crippen LogP) is 3.28. The van der Waals surface area contributed by atoms with Gasteiger partial charge in [-0.05, 0) is 46.0 Å². The maximum absolute atomic E-state index is 12.4. The molecule has 1 saturated carbocycles.